The molecule has 8 nitrogen and oxygen atoms in total. The molecule has 0 atom stereocenters. The third kappa shape index (κ3) is 5.17. The zero-order valence-corrected chi connectivity index (χ0v) is 17.7. The summed E-state index contributed by atoms with van der Waals surface area (Å²) in [4.78, 5) is 32.6. The van der Waals surface area contributed by atoms with E-state index in [2.05, 4.69) is 15.0 Å². The van der Waals surface area contributed by atoms with Gasteiger partial charge < -0.3 is 14.2 Å². The predicted molar refractivity (Wildman–Crippen MR) is 113 cm³/mol. The molecule has 2 heterocycles. The summed E-state index contributed by atoms with van der Waals surface area (Å²) < 4.78 is 24.1. The van der Waals surface area contributed by atoms with Crippen LogP contribution in [0.15, 0.2) is 53.1 Å². The number of aryl methyl sites for hydroxylation is 1. The van der Waals surface area contributed by atoms with E-state index in [1.54, 1.807) is 48.2 Å². The van der Waals surface area contributed by atoms with Gasteiger partial charge in [-0.1, -0.05) is 23.4 Å². The van der Waals surface area contributed by atoms with Gasteiger partial charge in [-0.2, -0.15) is 4.98 Å². The van der Waals surface area contributed by atoms with Crippen LogP contribution in [0.3, 0.4) is 0 Å². The Morgan fingerprint density at radius 1 is 1.06 bits per heavy atom. The minimum atomic E-state index is -0.579. The van der Waals surface area contributed by atoms with Crippen molar-refractivity contribution in [2.45, 2.75) is 13.5 Å². The number of hydrogen-bond acceptors (Lipinski definition) is 7. The summed E-state index contributed by atoms with van der Waals surface area (Å²) in [5.74, 6) is -0.161. The van der Waals surface area contributed by atoms with E-state index in [9.17, 15) is 14.0 Å². The molecule has 1 aliphatic heterocycles. The maximum Gasteiger partial charge on any atom is 0.338 e. The van der Waals surface area contributed by atoms with Crippen molar-refractivity contribution in [1.82, 2.24) is 19.9 Å². The standard InChI is InChI=1S/C23H23FN4O4/c1-16-25-22(32-26-16)17-6-8-18(9-7-17)23(30)31-15-21(29)28-12-10-27(11-13-28)14-19-4-2-3-5-20(19)24/h2-9H,10-15H2,1H3. The SMILES string of the molecule is Cc1noc(-c2ccc(C(=O)OCC(=O)N3CCN(Cc4ccccc4F)CC3)cc2)n1. The number of aromatic nitrogens is 2. The first-order chi connectivity index (χ1) is 15.5. The molecule has 0 spiro atoms. The Hall–Kier alpha value is -3.59. The predicted octanol–water partition coefficient (Wildman–Crippen LogP) is 2.69. The number of nitrogens with zero attached hydrogens (tertiary/aromatic N) is 4. The molecular formula is C23H23FN4O4. The van der Waals surface area contributed by atoms with Crippen LogP contribution in [0.2, 0.25) is 0 Å². The lowest BCUT2D eigenvalue weighted by molar-refractivity contribution is -0.136. The molecule has 1 aromatic heterocycles. The molecule has 0 unspecified atom stereocenters. The Morgan fingerprint density at radius 3 is 2.44 bits per heavy atom. The molecule has 0 radical (unpaired) electrons. The van der Waals surface area contributed by atoms with Crippen LogP contribution in [0, 0.1) is 12.7 Å². The number of ether oxygens (including phenoxy) is 1. The highest BCUT2D eigenvalue weighted by Gasteiger charge is 2.23. The van der Waals surface area contributed by atoms with Crippen molar-refractivity contribution in [1.29, 1.82) is 0 Å². The summed E-state index contributed by atoms with van der Waals surface area (Å²) in [7, 11) is 0. The molecule has 2 aromatic carbocycles. The van der Waals surface area contributed by atoms with Crippen molar-refractivity contribution in [3.8, 4) is 11.5 Å². The van der Waals surface area contributed by atoms with E-state index in [0.717, 1.165) is 0 Å². The Morgan fingerprint density at radius 2 is 1.78 bits per heavy atom. The summed E-state index contributed by atoms with van der Waals surface area (Å²) in [5.41, 5.74) is 1.65. The van der Waals surface area contributed by atoms with E-state index in [-0.39, 0.29) is 18.3 Å². The van der Waals surface area contributed by atoms with Gasteiger partial charge in [-0.3, -0.25) is 9.69 Å². The molecule has 32 heavy (non-hydrogen) atoms. The quantitative estimate of drug-likeness (QED) is 0.547. The van der Waals surface area contributed by atoms with Gasteiger partial charge in [-0.25, -0.2) is 9.18 Å². The number of piperazine rings is 1. The third-order valence-corrected chi connectivity index (χ3v) is 5.30. The van der Waals surface area contributed by atoms with Crippen LogP contribution in [0.4, 0.5) is 4.39 Å². The number of carbonyl (C=O) groups excluding carboxylic acids is 2. The Kier molecular flexibility index (Phi) is 6.55. The Bertz CT molecular complexity index is 1090. The van der Waals surface area contributed by atoms with E-state index < -0.39 is 5.97 Å². The fourth-order valence-electron chi connectivity index (χ4n) is 3.49. The van der Waals surface area contributed by atoms with Gasteiger partial charge in [0.2, 0.25) is 0 Å². The number of hydrogen-bond donors (Lipinski definition) is 0. The fourth-order valence-corrected chi connectivity index (χ4v) is 3.49. The lowest BCUT2D eigenvalue weighted by Crippen LogP contribution is -2.49. The van der Waals surface area contributed by atoms with Crippen LogP contribution < -0.4 is 0 Å². The molecular weight excluding hydrogens is 415 g/mol. The van der Waals surface area contributed by atoms with Gasteiger partial charge in [-0.05, 0) is 37.3 Å². The van der Waals surface area contributed by atoms with E-state index in [1.165, 1.54) is 6.07 Å². The van der Waals surface area contributed by atoms with Crippen LogP contribution in [0.1, 0.15) is 21.7 Å². The largest absolute Gasteiger partial charge is 0.452 e. The van der Waals surface area contributed by atoms with Gasteiger partial charge in [0, 0.05) is 43.9 Å². The van der Waals surface area contributed by atoms with Crippen molar-refractivity contribution in [2.24, 2.45) is 0 Å². The molecule has 3 aromatic rings. The van der Waals surface area contributed by atoms with Crippen molar-refractivity contribution in [3.63, 3.8) is 0 Å². The summed E-state index contributed by atoms with van der Waals surface area (Å²) in [6.07, 6.45) is 0. The second-order valence-corrected chi connectivity index (χ2v) is 7.55. The third-order valence-electron chi connectivity index (χ3n) is 5.30. The first-order valence-corrected chi connectivity index (χ1v) is 10.3. The molecule has 9 heteroatoms. The van der Waals surface area contributed by atoms with E-state index >= 15 is 0 Å². The van der Waals surface area contributed by atoms with Gasteiger partial charge in [0.1, 0.15) is 5.82 Å². The van der Waals surface area contributed by atoms with Crippen molar-refractivity contribution >= 4 is 11.9 Å². The molecule has 1 amide bonds. The average molecular weight is 438 g/mol. The van der Waals surface area contributed by atoms with Gasteiger partial charge in [0.05, 0.1) is 5.56 Å². The summed E-state index contributed by atoms with van der Waals surface area (Å²) in [6.45, 7) is 4.17. The number of carbonyl (C=O) groups is 2. The number of benzene rings is 2. The van der Waals surface area contributed by atoms with Crippen LogP contribution in [0.5, 0.6) is 0 Å². The molecule has 166 valence electrons. The van der Waals surface area contributed by atoms with Crippen LogP contribution in [0.25, 0.3) is 11.5 Å². The van der Waals surface area contributed by atoms with Crippen molar-refractivity contribution in [2.75, 3.05) is 32.8 Å². The highest BCUT2D eigenvalue weighted by atomic mass is 19.1. The number of esters is 1. The van der Waals surface area contributed by atoms with Gasteiger partial charge in [-0.15, -0.1) is 0 Å². The highest BCUT2D eigenvalue weighted by Crippen LogP contribution is 2.18. The molecule has 1 fully saturated rings. The maximum absolute atomic E-state index is 13.8. The van der Waals surface area contributed by atoms with Crippen LogP contribution in [-0.4, -0.2) is 64.6 Å². The summed E-state index contributed by atoms with van der Waals surface area (Å²) in [6, 6.07) is 13.2. The molecule has 0 N–H and O–H groups in total. The lowest BCUT2D eigenvalue weighted by atomic mass is 10.1. The summed E-state index contributed by atoms with van der Waals surface area (Å²) >= 11 is 0. The number of rotatable bonds is 6. The van der Waals surface area contributed by atoms with Gasteiger partial charge >= 0.3 is 5.97 Å². The van der Waals surface area contributed by atoms with E-state index in [0.29, 0.717) is 61.1 Å². The Labute approximate surface area is 184 Å². The second-order valence-electron chi connectivity index (χ2n) is 7.55. The first kappa shape index (κ1) is 21.6. The fraction of sp³-hybridized carbons (Fsp3) is 0.304. The lowest BCUT2D eigenvalue weighted by Gasteiger charge is -2.34. The topological polar surface area (TPSA) is 88.8 Å². The average Bonchev–Trinajstić information content (AvgIpc) is 3.25. The molecule has 0 aliphatic carbocycles. The Balaban J connectivity index is 1.23. The monoisotopic (exact) mass is 438 g/mol. The minimum Gasteiger partial charge on any atom is -0.452 e. The second kappa shape index (κ2) is 9.69. The highest BCUT2D eigenvalue weighted by molar-refractivity contribution is 5.91. The van der Waals surface area contributed by atoms with E-state index in [1.807, 2.05) is 6.07 Å². The van der Waals surface area contributed by atoms with E-state index in [4.69, 9.17) is 9.26 Å². The van der Waals surface area contributed by atoms with Crippen LogP contribution >= 0.6 is 0 Å². The number of amides is 1. The minimum absolute atomic E-state index is 0.224. The molecule has 1 saturated heterocycles. The zero-order chi connectivity index (χ0) is 22.5. The number of halogens is 1. The van der Waals surface area contributed by atoms with Gasteiger partial charge in [0.25, 0.3) is 11.8 Å². The summed E-state index contributed by atoms with van der Waals surface area (Å²) in [5, 5.41) is 3.73. The van der Waals surface area contributed by atoms with Crippen LogP contribution in [-0.2, 0) is 16.1 Å². The smallest absolute Gasteiger partial charge is 0.338 e. The zero-order valence-electron chi connectivity index (χ0n) is 17.7. The first-order valence-electron chi connectivity index (χ1n) is 10.3. The molecule has 1 aliphatic rings. The molecule has 4 rings (SSSR count). The van der Waals surface area contributed by atoms with Crippen molar-refractivity contribution in [3.05, 3.63) is 71.3 Å². The van der Waals surface area contributed by atoms with Gasteiger partial charge in [0.15, 0.2) is 12.4 Å². The maximum atomic E-state index is 13.8. The van der Waals surface area contributed by atoms with Crippen molar-refractivity contribution < 1.29 is 23.2 Å². The normalized spacial score (nSPS) is 14.4. The molecule has 0 bridgehead atoms. The molecule has 0 saturated carbocycles.